The van der Waals surface area contributed by atoms with Crippen molar-refractivity contribution in [2.24, 2.45) is 5.92 Å². The molecule has 6 heteroatoms. The van der Waals surface area contributed by atoms with Crippen LogP contribution in [0.4, 0.5) is 0 Å². The first-order valence-electron chi connectivity index (χ1n) is 8.08. The zero-order valence-corrected chi connectivity index (χ0v) is 13.9. The number of aliphatic carboxylic acids is 1. The van der Waals surface area contributed by atoms with Crippen LogP contribution in [0.15, 0.2) is 24.3 Å². The van der Waals surface area contributed by atoms with Crippen LogP contribution >= 0.6 is 0 Å². The molecule has 1 aliphatic heterocycles. The smallest absolute Gasteiger partial charge is 0.309 e. The van der Waals surface area contributed by atoms with Gasteiger partial charge in [0.2, 0.25) is 5.91 Å². The van der Waals surface area contributed by atoms with E-state index in [0.29, 0.717) is 30.7 Å². The maximum absolute atomic E-state index is 12.3. The Balaban J connectivity index is 2.21. The topological polar surface area (TPSA) is 90.6 Å². The summed E-state index contributed by atoms with van der Waals surface area (Å²) in [5.41, 5.74) is 1.15. The van der Waals surface area contributed by atoms with Gasteiger partial charge in [0.05, 0.1) is 29.7 Å². The maximum atomic E-state index is 12.3. The van der Waals surface area contributed by atoms with Gasteiger partial charge in [0.15, 0.2) is 0 Å². The number of likely N-dealkylation sites (tertiary alicyclic amines) is 1. The summed E-state index contributed by atoms with van der Waals surface area (Å²) in [6.45, 7) is 4.84. The highest BCUT2D eigenvalue weighted by Gasteiger charge is 2.44. The molecule has 0 unspecified atom stereocenters. The summed E-state index contributed by atoms with van der Waals surface area (Å²) < 4.78 is 5.49. The fourth-order valence-corrected chi connectivity index (χ4v) is 3.03. The number of amides is 1. The molecule has 1 fully saturated rings. The van der Waals surface area contributed by atoms with Gasteiger partial charge in [-0.2, -0.15) is 5.26 Å². The molecule has 1 saturated heterocycles. The second-order valence-electron chi connectivity index (χ2n) is 6.19. The lowest BCUT2D eigenvalue weighted by molar-refractivity contribution is -0.142. The zero-order valence-electron chi connectivity index (χ0n) is 13.9. The predicted octanol–water partition coefficient (Wildman–Crippen LogP) is 2.35. The molecule has 0 aromatic heterocycles. The maximum Gasteiger partial charge on any atom is 0.309 e. The fourth-order valence-electron chi connectivity index (χ4n) is 3.03. The number of benzene rings is 1. The molecule has 1 amide bonds. The second-order valence-corrected chi connectivity index (χ2v) is 6.19. The Bertz CT molecular complexity index is 651. The number of carbonyl (C=O) groups is 2. The van der Waals surface area contributed by atoms with E-state index in [4.69, 9.17) is 10.00 Å². The number of ether oxygens (including phenoxy) is 1. The van der Waals surface area contributed by atoms with Gasteiger partial charge < -0.3 is 14.7 Å². The van der Waals surface area contributed by atoms with Crippen molar-refractivity contribution in [2.75, 3.05) is 13.2 Å². The standard InChI is InChI=1S/C18H22N2O4/c1-12(2)24-8-4-7-20-16(21)10-15(18(22)23)17(20)14-6-3-5-13(9-14)11-19/h3,5-6,9,12,15,17H,4,7-8,10H2,1-2H3,(H,22,23)/t15-,17+/m1/s1. The molecule has 2 atom stereocenters. The van der Waals surface area contributed by atoms with Crippen LogP contribution in [0, 0.1) is 17.2 Å². The van der Waals surface area contributed by atoms with Gasteiger partial charge in [-0.15, -0.1) is 0 Å². The molecular weight excluding hydrogens is 308 g/mol. The van der Waals surface area contributed by atoms with E-state index in [0.717, 1.165) is 0 Å². The molecule has 1 heterocycles. The minimum absolute atomic E-state index is 0.0121. The van der Waals surface area contributed by atoms with E-state index in [1.54, 1.807) is 29.2 Å². The monoisotopic (exact) mass is 330 g/mol. The molecule has 0 radical (unpaired) electrons. The van der Waals surface area contributed by atoms with E-state index >= 15 is 0 Å². The summed E-state index contributed by atoms with van der Waals surface area (Å²) in [6.07, 6.45) is 0.751. The van der Waals surface area contributed by atoms with Crippen molar-refractivity contribution in [1.29, 1.82) is 5.26 Å². The van der Waals surface area contributed by atoms with Crippen LogP contribution in [0.25, 0.3) is 0 Å². The van der Waals surface area contributed by atoms with Crippen LogP contribution in [0.5, 0.6) is 0 Å². The highest BCUT2D eigenvalue weighted by atomic mass is 16.5. The van der Waals surface area contributed by atoms with Crippen molar-refractivity contribution in [1.82, 2.24) is 4.90 Å². The lowest BCUT2D eigenvalue weighted by atomic mass is 9.93. The first-order chi connectivity index (χ1) is 11.4. The van der Waals surface area contributed by atoms with Crippen molar-refractivity contribution in [3.05, 3.63) is 35.4 Å². The number of carbonyl (C=O) groups excluding carboxylic acids is 1. The van der Waals surface area contributed by atoms with Crippen molar-refractivity contribution < 1.29 is 19.4 Å². The molecule has 1 aromatic carbocycles. The van der Waals surface area contributed by atoms with Crippen LogP contribution in [0.3, 0.4) is 0 Å². The van der Waals surface area contributed by atoms with Crippen LogP contribution in [-0.2, 0) is 14.3 Å². The van der Waals surface area contributed by atoms with Crippen molar-refractivity contribution in [3.63, 3.8) is 0 Å². The van der Waals surface area contributed by atoms with E-state index in [-0.39, 0.29) is 18.4 Å². The normalized spacial score (nSPS) is 20.4. The highest BCUT2D eigenvalue weighted by molar-refractivity contribution is 5.87. The van der Waals surface area contributed by atoms with Gasteiger partial charge in [0.1, 0.15) is 0 Å². The van der Waals surface area contributed by atoms with Crippen LogP contribution in [-0.4, -0.2) is 41.1 Å². The molecular formula is C18H22N2O4. The number of rotatable bonds is 7. The number of hydrogen-bond donors (Lipinski definition) is 1. The summed E-state index contributed by atoms with van der Waals surface area (Å²) in [6, 6.07) is 8.34. The minimum atomic E-state index is -0.989. The summed E-state index contributed by atoms with van der Waals surface area (Å²) in [5, 5.41) is 18.5. The third-order valence-corrected chi connectivity index (χ3v) is 4.10. The molecule has 0 aliphatic carbocycles. The lowest BCUT2D eigenvalue weighted by Gasteiger charge is -2.27. The van der Waals surface area contributed by atoms with E-state index in [1.807, 2.05) is 13.8 Å². The Kier molecular flexibility index (Phi) is 5.93. The Morgan fingerprint density at radius 3 is 2.88 bits per heavy atom. The quantitative estimate of drug-likeness (QED) is 0.775. The molecule has 2 rings (SSSR count). The number of hydrogen-bond acceptors (Lipinski definition) is 4. The Morgan fingerprint density at radius 1 is 1.50 bits per heavy atom. The summed E-state index contributed by atoms with van der Waals surface area (Å²) in [5.74, 6) is -1.95. The third-order valence-electron chi connectivity index (χ3n) is 4.10. The molecule has 1 N–H and O–H groups in total. The zero-order chi connectivity index (χ0) is 17.7. The average molecular weight is 330 g/mol. The second kappa shape index (κ2) is 7.93. The Morgan fingerprint density at radius 2 is 2.25 bits per heavy atom. The third kappa shape index (κ3) is 4.12. The molecule has 128 valence electrons. The molecule has 6 nitrogen and oxygen atoms in total. The van der Waals surface area contributed by atoms with Gasteiger partial charge in [-0.25, -0.2) is 0 Å². The number of carboxylic acid groups (broad SMARTS) is 1. The summed E-state index contributed by atoms with van der Waals surface area (Å²) in [4.78, 5) is 25.5. The van der Waals surface area contributed by atoms with Gasteiger partial charge in [0, 0.05) is 19.6 Å². The Labute approximate surface area is 141 Å². The minimum Gasteiger partial charge on any atom is -0.481 e. The van der Waals surface area contributed by atoms with Gasteiger partial charge in [-0.1, -0.05) is 12.1 Å². The molecule has 1 aliphatic rings. The highest BCUT2D eigenvalue weighted by Crippen LogP contribution is 2.38. The first kappa shape index (κ1) is 18.0. The SMILES string of the molecule is CC(C)OCCCN1C(=O)C[C@@H](C(=O)O)[C@@H]1c1cccc(C#N)c1. The molecule has 0 bridgehead atoms. The van der Waals surface area contributed by atoms with E-state index in [2.05, 4.69) is 6.07 Å². The summed E-state index contributed by atoms with van der Waals surface area (Å²) >= 11 is 0. The predicted molar refractivity (Wildman–Crippen MR) is 87.1 cm³/mol. The molecule has 0 saturated carbocycles. The van der Waals surface area contributed by atoms with Crippen LogP contribution in [0.2, 0.25) is 0 Å². The molecule has 24 heavy (non-hydrogen) atoms. The molecule has 0 spiro atoms. The molecule has 1 aromatic rings. The van der Waals surface area contributed by atoms with Gasteiger partial charge in [0.25, 0.3) is 0 Å². The number of nitriles is 1. The lowest BCUT2D eigenvalue weighted by Crippen LogP contribution is -2.32. The number of carboxylic acids is 1. The van der Waals surface area contributed by atoms with Crippen molar-refractivity contribution in [3.8, 4) is 6.07 Å². The van der Waals surface area contributed by atoms with E-state index < -0.39 is 17.9 Å². The van der Waals surface area contributed by atoms with Crippen molar-refractivity contribution >= 4 is 11.9 Å². The van der Waals surface area contributed by atoms with Gasteiger partial charge in [-0.05, 0) is 38.0 Å². The summed E-state index contributed by atoms with van der Waals surface area (Å²) in [7, 11) is 0. The van der Waals surface area contributed by atoms with Gasteiger partial charge >= 0.3 is 5.97 Å². The largest absolute Gasteiger partial charge is 0.481 e. The van der Waals surface area contributed by atoms with Crippen molar-refractivity contribution in [2.45, 2.75) is 38.8 Å². The van der Waals surface area contributed by atoms with Gasteiger partial charge in [-0.3, -0.25) is 9.59 Å². The van der Waals surface area contributed by atoms with Crippen LogP contribution < -0.4 is 0 Å². The Hall–Kier alpha value is -2.39. The first-order valence-corrected chi connectivity index (χ1v) is 8.08. The number of nitrogens with zero attached hydrogens (tertiary/aromatic N) is 2. The fraction of sp³-hybridized carbons (Fsp3) is 0.500. The average Bonchev–Trinajstić information content (AvgIpc) is 2.88. The van der Waals surface area contributed by atoms with E-state index in [1.165, 1.54) is 0 Å². The van der Waals surface area contributed by atoms with Crippen LogP contribution in [0.1, 0.15) is 43.9 Å². The van der Waals surface area contributed by atoms with E-state index in [9.17, 15) is 14.7 Å².